The van der Waals surface area contributed by atoms with Crippen LogP contribution in [-0.4, -0.2) is 9.38 Å². The average Bonchev–Trinajstić information content (AvgIpc) is 2.70. The van der Waals surface area contributed by atoms with Crippen LogP contribution in [0, 0.1) is 6.92 Å². The Hall–Kier alpha value is -1.13. The third-order valence-corrected chi connectivity index (χ3v) is 4.19. The first-order valence-electron chi connectivity index (χ1n) is 5.56. The van der Waals surface area contributed by atoms with Gasteiger partial charge in [-0.2, -0.15) is 0 Å². The molecule has 3 rings (SSSR count). The van der Waals surface area contributed by atoms with Gasteiger partial charge in [-0.3, -0.25) is 4.40 Å². The SMILES string of the molecule is Cc1cccn2c(Br)c(-c3ccc(Br)cc3)nc12. The summed E-state index contributed by atoms with van der Waals surface area (Å²) in [5.74, 6) is 0. The summed E-state index contributed by atoms with van der Waals surface area (Å²) >= 11 is 7.08. The number of pyridine rings is 1. The van der Waals surface area contributed by atoms with Crippen molar-refractivity contribution in [3.05, 3.63) is 57.2 Å². The minimum atomic E-state index is 0.969. The van der Waals surface area contributed by atoms with Crippen molar-refractivity contribution in [3.63, 3.8) is 0 Å². The van der Waals surface area contributed by atoms with Crippen molar-refractivity contribution in [3.8, 4) is 11.3 Å². The molecule has 2 nitrogen and oxygen atoms in total. The number of hydrogen-bond donors (Lipinski definition) is 0. The zero-order valence-corrected chi connectivity index (χ0v) is 12.9. The summed E-state index contributed by atoms with van der Waals surface area (Å²) in [4.78, 5) is 4.71. The fraction of sp³-hybridized carbons (Fsp3) is 0.0714. The molecule has 0 atom stereocenters. The number of rotatable bonds is 1. The Morgan fingerprint density at radius 2 is 1.78 bits per heavy atom. The van der Waals surface area contributed by atoms with Crippen molar-refractivity contribution in [2.45, 2.75) is 6.92 Å². The van der Waals surface area contributed by atoms with Crippen molar-refractivity contribution in [2.75, 3.05) is 0 Å². The second-order valence-electron chi connectivity index (χ2n) is 4.14. The molecule has 0 aliphatic rings. The molecule has 0 saturated heterocycles. The van der Waals surface area contributed by atoms with Crippen LogP contribution in [0.2, 0.25) is 0 Å². The van der Waals surface area contributed by atoms with E-state index in [1.54, 1.807) is 0 Å². The van der Waals surface area contributed by atoms with E-state index in [2.05, 4.69) is 61.4 Å². The second-order valence-corrected chi connectivity index (χ2v) is 5.81. The number of benzene rings is 1. The Labute approximate surface area is 122 Å². The maximum absolute atomic E-state index is 4.71. The fourth-order valence-corrected chi connectivity index (χ4v) is 2.83. The first-order chi connectivity index (χ1) is 8.66. The van der Waals surface area contributed by atoms with Crippen LogP contribution in [0.1, 0.15) is 5.56 Å². The van der Waals surface area contributed by atoms with Gasteiger partial charge < -0.3 is 0 Å². The van der Waals surface area contributed by atoms with Gasteiger partial charge in [-0.25, -0.2) is 4.98 Å². The van der Waals surface area contributed by atoms with E-state index in [-0.39, 0.29) is 0 Å². The van der Waals surface area contributed by atoms with E-state index in [1.165, 1.54) is 5.56 Å². The van der Waals surface area contributed by atoms with Gasteiger partial charge in [0.05, 0.1) is 0 Å². The van der Waals surface area contributed by atoms with Gasteiger partial charge in [0.2, 0.25) is 0 Å². The number of imidazole rings is 1. The van der Waals surface area contributed by atoms with E-state index in [1.807, 2.05) is 24.4 Å². The number of nitrogens with zero attached hydrogens (tertiary/aromatic N) is 2. The van der Waals surface area contributed by atoms with Gasteiger partial charge in [-0.05, 0) is 46.6 Å². The van der Waals surface area contributed by atoms with Crippen LogP contribution in [-0.2, 0) is 0 Å². The molecule has 0 saturated carbocycles. The molecule has 3 aromatic rings. The Morgan fingerprint density at radius 1 is 1.06 bits per heavy atom. The van der Waals surface area contributed by atoms with E-state index in [9.17, 15) is 0 Å². The van der Waals surface area contributed by atoms with Crippen molar-refractivity contribution in [2.24, 2.45) is 0 Å². The summed E-state index contributed by atoms with van der Waals surface area (Å²) in [6.07, 6.45) is 2.02. The standard InChI is InChI=1S/C14H10Br2N2/c1-9-3-2-8-18-13(16)12(17-14(9)18)10-4-6-11(15)7-5-10/h2-8H,1H3. The first kappa shape index (κ1) is 11.9. The van der Waals surface area contributed by atoms with Gasteiger partial charge in [0.15, 0.2) is 0 Å². The van der Waals surface area contributed by atoms with Crippen molar-refractivity contribution in [1.29, 1.82) is 0 Å². The lowest BCUT2D eigenvalue weighted by molar-refractivity contribution is 1.14. The summed E-state index contributed by atoms with van der Waals surface area (Å²) in [6.45, 7) is 2.07. The molecule has 0 unspecified atom stereocenters. The third-order valence-electron chi connectivity index (χ3n) is 2.90. The topological polar surface area (TPSA) is 17.3 Å². The number of aryl methyl sites for hydroxylation is 1. The van der Waals surface area contributed by atoms with E-state index >= 15 is 0 Å². The second kappa shape index (κ2) is 4.52. The monoisotopic (exact) mass is 364 g/mol. The summed E-state index contributed by atoms with van der Waals surface area (Å²) in [7, 11) is 0. The van der Waals surface area contributed by atoms with E-state index in [0.717, 1.165) is 26.0 Å². The lowest BCUT2D eigenvalue weighted by atomic mass is 10.2. The molecule has 0 fully saturated rings. The molecule has 4 heteroatoms. The maximum Gasteiger partial charge on any atom is 0.141 e. The molecule has 0 radical (unpaired) electrons. The zero-order chi connectivity index (χ0) is 12.7. The molecular weight excluding hydrogens is 356 g/mol. The van der Waals surface area contributed by atoms with Crippen molar-refractivity contribution >= 4 is 37.5 Å². The fourth-order valence-electron chi connectivity index (χ4n) is 1.97. The highest BCUT2D eigenvalue weighted by Crippen LogP contribution is 2.30. The van der Waals surface area contributed by atoms with Gasteiger partial charge in [0, 0.05) is 16.2 Å². The van der Waals surface area contributed by atoms with Crippen LogP contribution >= 0.6 is 31.9 Å². The highest BCUT2D eigenvalue weighted by molar-refractivity contribution is 9.10. The summed E-state index contributed by atoms with van der Waals surface area (Å²) in [5, 5.41) is 0. The predicted molar refractivity (Wildman–Crippen MR) is 80.8 cm³/mol. The van der Waals surface area contributed by atoms with Crippen molar-refractivity contribution in [1.82, 2.24) is 9.38 Å². The number of hydrogen-bond acceptors (Lipinski definition) is 1. The van der Waals surface area contributed by atoms with Gasteiger partial charge in [-0.15, -0.1) is 0 Å². The first-order valence-corrected chi connectivity index (χ1v) is 7.14. The third kappa shape index (κ3) is 1.89. The number of halogens is 2. The minimum absolute atomic E-state index is 0.969. The molecule has 0 amide bonds. The maximum atomic E-state index is 4.71. The Morgan fingerprint density at radius 3 is 2.44 bits per heavy atom. The molecule has 2 aromatic heterocycles. The summed E-state index contributed by atoms with van der Waals surface area (Å²) < 4.78 is 4.12. The molecular formula is C14H10Br2N2. The molecule has 0 bridgehead atoms. The van der Waals surface area contributed by atoms with Crippen LogP contribution < -0.4 is 0 Å². The van der Waals surface area contributed by atoms with Crippen molar-refractivity contribution < 1.29 is 0 Å². The van der Waals surface area contributed by atoms with Crippen LogP contribution in [0.4, 0.5) is 0 Å². The lowest BCUT2D eigenvalue weighted by Gasteiger charge is -1.98. The predicted octanol–water partition coefficient (Wildman–Crippen LogP) is 4.83. The van der Waals surface area contributed by atoms with Crippen LogP contribution in [0.25, 0.3) is 16.9 Å². The zero-order valence-electron chi connectivity index (χ0n) is 9.69. The molecule has 90 valence electrons. The Kier molecular flexibility index (Phi) is 2.99. The van der Waals surface area contributed by atoms with Gasteiger partial charge >= 0.3 is 0 Å². The number of fused-ring (bicyclic) bond motifs is 1. The molecule has 18 heavy (non-hydrogen) atoms. The van der Waals surface area contributed by atoms with Crippen LogP contribution in [0.15, 0.2) is 51.7 Å². The van der Waals surface area contributed by atoms with E-state index in [0.29, 0.717) is 0 Å². The lowest BCUT2D eigenvalue weighted by Crippen LogP contribution is -1.85. The average molecular weight is 366 g/mol. The van der Waals surface area contributed by atoms with E-state index < -0.39 is 0 Å². The van der Waals surface area contributed by atoms with Crippen LogP contribution in [0.5, 0.6) is 0 Å². The molecule has 0 spiro atoms. The van der Waals surface area contributed by atoms with Crippen LogP contribution in [0.3, 0.4) is 0 Å². The van der Waals surface area contributed by atoms with E-state index in [4.69, 9.17) is 4.98 Å². The Bertz CT molecular complexity index is 714. The largest absolute Gasteiger partial charge is 0.293 e. The smallest absolute Gasteiger partial charge is 0.141 e. The quantitative estimate of drug-likeness (QED) is 0.603. The highest BCUT2D eigenvalue weighted by Gasteiger charge is 2.12. The Balaban J connectivity index is 2.27. The molecule has 1 aromatic carbocycles. The van der Waals surface area contributed by atoms with Gasteiger partial charge in [-0.1, -0.05) is 34.1 Å². The summed E-state index contributed by atoms with van der Waals surface area (Å²) in [5.41, 5.74) is 4.23. The number of aromatic nitrogens is 2. The molecule has 0 aliphatic heterocycles. The summed E-state index contributed by atoms with van der Waals surface area (Å²) in [6, 6.07) is 12.3. The molecule has 0 N–H and O–H groups in total. The van der Waals surface area contributed by atoms with Gasteiger partial charge in [0.25, 0.3) is 0 Å². The molecule has 2 heterocycles. The molecule has 0 aliphatic carbocycles. The minimum Gasteiger partial charge on any atom is -0.293 e. The highest BCUT2D eigenvalue weighted by atomic mass is 79.9. The normalized spacial score (nSPS) is 11.1. The van der Waals surface area contributed by atoms with Gasteiger partial charge in [0.1, 0.15) is 15.9 Å².